The predicted molar refractivity (Wildman–Crippen MR) is 113 cm³/mol. The van der Waals surface area contributed by atoms with E-state index in [0.29, 0.717) is 12.0 Å². The molecule has 3 heterocycles. The SMILES string of the molecule is CC1CCN(Cc2ccc(S(N)(=O)=O)cc2)CC1N(C)c1ncnc2[nH]ccc12. The van der Waals surface area contributed by atoms with Crippen molar-refractivity contribution in [1.82, 2.24) is 19.9 Å². The van der Waals surface area contributed by atoms with Crippen LogP contribution in [0.1, 0.15) is 18.9 Å². The van der Waals surface area contributed by atoms with E-state index in [4.69, 9.17) is 5.14 Å². The van der Waals surface area contributed by atoms with E-state index in [2.05, 4.69) is 38.7 Å². The highest BCUT2D eigenvalue weighted by atomic mass is 32.2. The van der Waals surface area contributed by atoms with E-state index in [9.17, 15) is 8.42 Å². The number of H-pyrrole nitrogens is 1. The number of primary sulfonamides is 1. The Morgan fingerprint density at radius 3 is 2.72 bits per heavy atom. The van der Waals surface area contributed by atoms with E-state index in [1.165, 1.54) is 0 Å². The van der Waals surface area contributed by atoms with Crippen molar-refractivity contribution in [2.75, 3.05) is 25.0 Å². The summed E-state index contributed by atoms with van der Waals surface area (Å²) in [4.78, 5) is 16.8. The summed E-state index contributed by atoms with van der Waals surface area (Å²) in [7, 11) is -1.56. The number of rotatable bonds is 5. The van der Waals surface area contributed by atoms with Crippen LogP contribution in [-0.4, -0.2) is 54.4 Å². The second-order valence-electron chi connectivity index (χ2n) is 7.81. The highest BCUT2D eigenvalue weighted by Gasteiger charge is 2.30. The average Bonchev–Trinajstić information content (AvgIpc) is 3.17. The van der Waals surface area contributed by atoms with Gasteiger partial charge in [0, 0.05) is 32.4 Å². The summed E-state index contributed by atoms with van der Waals surface area (Å²) in [6.45, 7) is 4.97. The van der Waals surface area contributed by atoms with Crippen molar-refractivity contribution >= 4 is 26.9 Å². The van der Waals surface area contributed by atoms with Crippen molar-refractivity contribution in [1.29, 1.82) is 0 Å². The number of aromatic nitrogens is 3. The van der Waals surface area contributed by atoms with E-state index in [1.807, 2.05) is 24.4 Å². The number of fused-ring (bicyclic) bond motifs is 1. The normalized spacial score (nSPS) is 20.8. The highest BCUT2D eigenvalue weighted by Crippen LogP contribution is 2.29. The Kier molecular flexibility index (Phi) is 5.28. The van der Waals surface area contributed by atoms with Gasteiger partial charge in [-0.25, -0.2) is 23.5 Å². The lowest BCUT2D eigenvalue weighted by Gasteiger charge is -2.42. The number of hydrogen-bond donors (Lipinski definition) is 2. The van der Waals surface area contributed by atoms with Gasteiger partial charge in [0.1, 0.15) is 17.8 Å². The molecule has 0 aliphatic carbocycles. The molecule has 2 unspecified atom stereocenters. The summed E-state index contributed by atoms with van der Waals surface area (Å²) in [5.74, 6) is 1.47. The molecule has 0 bridgehead atoms. The lowest BCUT2D eigenvalue weighted by molar-refractivity contribution is 0.159. The smallest absolute Gasteiger partial charge is 0.238 e. The Morgan fingerprint density at radius 1 is 1.24 bits per heavy atom. The van der Waals surface area contributed by atoms with Gasteiger partial charge in [-0.2, -0.15) is 0 Å². The number of nitrogens with zero attached hydrogens (tertiary/aromatic N) is 4. The number of likely N-dealkylation sites (N-methyl/N-ethyl adjacent to an activating group) is 1. The van der Waals surface area contributed by atoms with Gasteiger partial charge in [-0.15, -0.1) is 0 Å². The van der Waals surface area contributed by atoms with Crippen LogP contribution in [-0.2, 0) is 16.6 Å². The van der Waals surface area contributed by atoms with Crippen molar-refractivity contribution in [3.63, 3.8) is 0 Å². The molecule has 4 rings (SSSR count). The lowest BCUT2D eigenvalue weighted by Crippen LogP contribution is -2.50. The van der Waals surface area contributed by atoms with Crippen LogP contribution >= 0.6 is 0 Å². The topological polar surface area (TPSA) is 108 Å². The molecular formula is C20H26N6O2S. The van der Waals surface area contributed by atoms with Crippen LogP contribution in [0.3, 0.4) is 0 Å². The van der Waals surface area contributed by atoms with E-state index >= 15 is 0 Å². The molecule has 3 N–H and O–H groups in total. The molecule has 9 heteroatoms. The minimum Gasteiger partial charge on any atom is -0.354 e. The van der Waals surface area contributed by atoms with Crippen molar-refractivity contribution < 1.29 is 8.42 Å². The molecule has 154 valence electrons. The minimum atomic E-state index is -3.66. The molecular weight excluding hydrogens is 388 g/mol. The minimum absolute atomic E-state index is 0.144. The summed E-state index contributed by atoms with van der Waals surface area (Å²) >= 11 is 0. The summed E-state index contributed by atoms with van der Waals surface area (Å²) < 4.78 is 22.9. The molecule has 0 saturated carbocycles. The number of benzene rings is 1. The Bertz CT molecular complexity index is 1100. The molecule has 0 spiro atoms. The summed E-state index contributed by atoms with van der Waals surface area (Å²) in [5, 5.41) is 6.21. The van der Waals surface area contributed by atoms with E-state index in [1.54, 1.807) is 18.5 Å². The van der Waals surface area contributed by atoms with E-state index < -0.39 is 10.0 Å². The molecule has 0 amide bonds. The van der Waals surface area contributed by atoms with Gasteiger partial charge in [-0.3, -0.25) is 4.90 Å². The van der Waals surface area contributed by atoms with Crippen LogP contribution in [0.25, 0.3) is 11.0 Å². The molecule has 1 fully saturated rings. The third-order valence-electron chi connectivity index (χ3n) is 5.83. The first kappa shape index (κ1) is 19.8. The maximum atomic E-state index is 11.4. The molecule has 1 aromatic carbocycles. The predicted octanol–water partition coefficient (Wildman–Crippen LogP) is 1.95. The largest absolute Gasteiger partial charge is 0.354 e. The molecule has 1 aliphatic rings. The molecule has 8 nitrogen and oxygen atoms in total. The van der Waals surface area contributed by atoms with Gasteiger partial charge >= 0.3 is 0 Å². The van der Waals surface area contributed by atoms with Gasteiger partial charge in [0.2, 0.25) is 10.0 Å². The summed E-state index contributed by atoms with van der Waals surface area (Å²) in [5.41, 5.74) is 1.92. The standard InChI is InChI=1S/C20H26N6O2S/c1-14-8-10-26(11-15-3-5-16(6-4-15)29(21,27)28)12-18(14)25(2)20-17-7-9-22-19(17)23-13-24-20/h3-7,9,13-14,18H,8,10-12H2,1-2H3,(H2,21,27,28)(H,22,23,24). The monoisotopic (exact) mass is 414 g/mol. The van der Waals surface area contributed by atoms with Crippen LogP contribution < -0.4 is 10.0 Å². The zero-order chi connectivity index (χ0) is 20.6. The molecule has 1 saturated heterocycles. The fraction of sp³-hybridized carbons (Fsp3) is 0.400. The van der Waals surface area contributed by atoms with Crippen molar-refractivity contribution in [3.05, 3.63) is 48.4 Å². The zero-order valence-corrected chi connectivity index (χ0v) is 17.4. The molecule has 1 aliphatic heterocycles. The quantitative estimate of drug-likeness (QED) is 0.661. The number of nitrogens with two attached hydrogens (primary N) is 1. The Labute approximate surface area is 170 Å². The number of anilines is 1. The first-order chi connectivity index (χ1) is 13.8. The fourth-order valence-corrected chi connectivity index (χ4v) is 4.62. The lowest BCUT2D eigenvalue weighted by atomic mass is 9.92. The van der Waals surface area contributed by atoms with Crippen LogP contribution in [0.4, 0.5) is 5.82 Å². The second kappa shape index (κ2) is 7.74. The Morgan fingerprint density at radius 2 is 2.00 bits per heavy atom. The third kappa shape index (κ3) is 4.12. The molecule has 29 heavy (non-hydrogen) atoms. The maximum absolute atomic E-state index is 11.4. The van der Waals surface area contributed by atoms with Gasteiger partial charge in [0.25, 0.3) is 0 Å². The maximum Gasteiger partial charge on any atom is 0.238 e. The van der Waals surface area contributed by atoms with Gasteiger partial charge in [-0.05, 0) is 42.6 Å². The average molecular weight is 415 g/mol. The summed E-state index contributed by atoms with van der Waals surface area (Å²) in [6, 6.07) is 9.16. The van der Waals surface area contributed by atoms with E-state index in [-0.39, 0.29) is 4.90 Å². The third-order valence-corrected chi connectivity index (χ3v) is 6.75. The Balaban J connectivity index is 1.50. The van der Waals surface area contributed by atoms with Gasteiger partial charge in [0.05, 0.1) is 10.3 Å². The van der Waals surface area contributed by atoms with Crippen LogP contribution in [0.5, 0.6) is 0 Å². The Hall–Kier alpha value is -2.49. The number of nitrogens with one attached hydrogen (secondary N) is 1. The first-order valence-electron chi connectivity index (χ1n) is 9.68. The van der Waals surface area contributed by atoms with Gasteiger partial charge in [-0.1, -0.05) is 19.1 Å². The first-order valence-corrected chi connectivity index (χ1v) is 11.2. The number of piperidine rings is 1. The van der Waals surface area contributed by atoms with E-state index in [0.717, 1.165) is 48.5 Å². The number of aromatic amines is 1. The molecule has 3 aromatic rings. The fourth-order valence-electron chi connectivity index (χ4n) is 4.10. The van der Waals surface area contributed by atoms with Crippen molar-refractivity contribution in [2.24, 2.45) is 11.1 Å². The van der Waals surface area contributed by atoms with Crippen molar-refractivity contribution in [3.8, 4) is 0 Å². The number of hydrogen-bond acceptors (Lipinski definition) is 6. The number of likely N-dealkylation sites (tertiary alicyclic amines) is 1. The van der Waals surface area contributed by atoms with Crippen LogP contribution in [0, 0.1) is 5.92 Å². The van der Waals surface area contributed by atoms with Crippen LogP contribution in [0.15, 0.2) is 47.8 Å². The molecule has 2 aromatic heterocycles. The highest BCUT2D eigenvalue weighted by molar-refractivity contribution is 7.89. The van der Waals surface area contributed by atoms with Crippen LogP contribution in [0.2, 0.25) is 0 Å². The van der Waals surface area contributed by atoms with Crippen molar-refractivity contribution in [2.45, 2.75) is 30.8 Å². The molecule has 2 atom stereocenters. The number of sulfonamides is 1. The zero-order valence-electron chi connectivity index (χ0n) is 16.6. The summed E-state index contributed by atoms with van der Waals surface area (Å²) in [6.07, 6.45) is 4.58. The second-order valence-corrected chi connectivity index (χ2v) is 9.37. The molecule has 0 radical (unpaired) electrons. The van der Waals surface area contributed by atoms with Gasteiger partial charge < -0.3 is 9.88 Å². The van der Waals surface area contributed by atoms with Gasteiger partial charge in [0.15, 0.2) is 0 Å².